The van der Waals surface area contributed by atoms with E-state index in [-0.39, 0.29) is 25.1 Å². The molecule has 0 spiro atoms. The molecule has 212 valence electrons. The fraction of sp³-hybridized carbons (Fsp3) is 0.519. The zero-order valence-corrected chi connectivity index (χ0v) is 23.2. The number of nitrogens with one attached hydrogen (secondary N) is 1. The molecule has 0 aliphatic carbocycles. The molecular formula is C27H37F3N2O5S. The number of hydrogen-bond acceptors (Lipinski definition) is 5. The van der Waals surface area contributed by atoms with Gasteiger partial charge in [-0.05, 0) is 67.5 Å². The molecule has 0 amide bonds. The van der Waals surface area contributed by atoms with Crippen LogP contribution in [-0.4, -0.2) is 60.7 Å². The first-order valence-corrected chi connectivity index (χ1v) is 13.8. The Kier molecular flexibility index (Phi) is 10.5. The summed E-state index contributed by atoms with van der Waals surface area (Å²) in [6.07, 6.45) is -5.98. The summed E-state index contributed by atoms with van der Waals surface area (Å²) in [5.41, 5.74) is 0.674. The average molecular weight is 559 g/mol. The molecule has 0 fully saturated rings. The van der Waals surface area contributed by atoms with Crippen molar-refractivity contribution in [3.05, 3.63) is 64.7 Å². The van der Waals surface area contributed by atoms with Crippen LogP contribution in [0.2, 0.25) is 0 Å². The molecule has 0 saturated carbocycles. The second-order valence-electron chi connectivity index (χ2n) is 10.5. The number of aliphatic hydroxyl groups excluding tert-OH is 1. The third-order valence-corrected chi connectivity index (χ3v) is 8.01. The Balaban J connectivity index is 2.09. The summed E-state index contributed by atoms with van der Waals surface area (Å²) in [5, 5.41) is 22.6. The highest BCUT2D eigenvalue weighted by molar-refractivity contribution is 7.89. The summed E-state index contributed by atoms with van der Waals surface area (Å²) < 4.78 is 67.1. The predicted octanol–water partition coefficient (Wildman–Crippen LogP) is 4.44. The normalized spacial score (nSPS) is 13.8. The van der Waals surface area contributed by atoms with E-state index in [1.54, 1.807) is 0 Å². The number of likely N-dealkylation sites (N-methyl/N-ethyl adjacent to an activating group) is 1. The molecule has 7 nitrogen and oxygen atoms in total. The van der Waals surface area contributed by atoms with E-state index in [0.29, 0.717) is 18.4 Å². The molecule has 3 N–H and O–H groups in total. The van der Waals surface area contributed by atoms with Crippen molar-refractivity contribution in [1.82, 2.24) is 9.62 Å². The predicted molar refractivity (Wildman–Crippen MR) is 140 cm³/mol. The molecule has 38 heavy (non-hydrogen) atoms. The Bertz CT molecular complexity index is 1200. The van der Waals surface area contributed by atoms with Crippen LogP contribution in [0.4, 0.5) is 13.2 Å². The van der Waals surface area contributed by atoms with E-state index in [1.807, 2.05) is 13.8 Å². The Morgan fingerprint density at radius 1 is 1.05 bits per heavy atom. The van der Waals surface area contributed by atoms with Crippen LogP contribution >= 0.6 is 0 Å². The maximum atomic E-state index is 13.4. The van der Waals surface area contributed by atoms with E-state index in [2.05, 4.69) is 43.4 Å². The average Bonchev–Trinajstić information content (AvgIpc) is 2.80. The van der Waals surface area contributed by atoms with Crippen molar-refractivity contribution >= 4 is 16.0 Å². The molecular weight excluding hydrogens is 521 g/mol. The molecule has 1 atom stereocenters. The lowest BCUT2D eigenvalue weighted by molar-refractivity contribution is -0.138. The number of hydrogen-bond donors (Lipinski definition) is 3. The Morgan fingerprint density at radius 3 is 2.18 bits per heavy atom. The van der Waals surface area contributed by atoms with Gasteiger partial charge >= 0.3 is 12.1 Å². The molecule has 11 heteroatoms. The highest BCUT2D eigenvalue weighted by Gasteiger charge is 2.34. The highest BCUT2D eigenvalue weighted by Crippen LogP contribution is 2.32. The first-order chi connectivity index (χ1) is 17.4. The van der Waals surface area contributed by atoms with Gasteiger partial charge < -0.3 is 15.5 Å². The topological polar surface area (TPSA) is 107 Å². The van der Waals surface area contributed by atoms with Crippen LogP contribution in [0.5, 0.6) is 0 Å². The number of carboxylic acids is 1. The van der Waals surface area contributed by atoms with E-state index in [1.165, 1.54) is 12.6 Å². The molecule has 2 aromatic carbocycles. The maximum absolute atomic E-state index is 13.4. The number of halogens is 3. The minimum Gasteiger partial charge on any atom is -0.481 e. The quantitative estimate of drug-likeness (QED) is 0.336. The van der Waals surface area contributed by atoms with Crippen LogP contribution in [0.15, 0.2) is 47.4 Å². The van der Waals surface area contributed by atoms with Gasteiger partial charge in [-0.25, -0.2) is 8.42 Å². The molecule has 1 unspecified atom stereocenters. The number of β-amino-alcohol motifs (C(OH)–C–C–N with tert-alkyl or cyclic N) is 1. The second-order valence-corrected chi connectivity index (χ2v) is 12.6. The lowest BCUT2D eigenvalue weighted by Crippen LogP contribution is -2.47. The lowest BCUT2D eigenvalue weighted by Gasteiger charge is -2.29. The van der Waals surface area contributed by atoms with Crippen LogP contribution in [0.3, 0.4) is 0 Å². The molecule has 0 saturated heterocycles. The van der Waals surface area contributed by atoms with Crippen molar-refractivity contribution in [3.8, 4) is 0 Å². The van der Waals surface area contributed by atoms with Gasteiger partial charge in [-0.2, -0.15) is 17.5 Å². The number of carbonyl (C=O) groups is 1. The number of aliphatic hydroxyl groups is 1. The standard InChI is InChI=1S/C27H37F3N2O5S/c1-18(2)21-9-6-19(7-10-21)15-26(3,4)31-16-23(33)17-32(5)38(36,37)24-13-20(8-11-25(34)35)12-22(14-24)27(28,29)30/h6-7,9-10,12-14,18,23,31,33H,8,11,15-17H2,1-5H3,(H,34,35). The van der Waals surface area contributed by atoms with Crippen LogP contribution in [0, 0.1) is 0 Å². The summed E-state index contributed by atoms with van der Waals surface area (Å²) in [5.74, 6) is -0.791. The lowest BCUT2D eigenvalue weighted by atomic mass is 9.93. The number of rotatable bonds is 13. The molecule has 2 aromatic rings. The molecule has 0 aliphatic rings. The molecule has 0 aliphatic heterocycles. The third-order valence-electron chi connectivity index (χ3n) is 6.21. The van der Waals surface area contributed by atoms with Gasteiger partial charge in [0.25, 0.3) is 0 Å². The minimum absolute atomic E-state index is 0.0559. The van der Waals surface area contributed by atoms with Gasteiger partial charge in [0.05, 0.1) is 16.6 Å². The molecule has 0 bridgehead atoms. The van der Waals surface area contributed by atoms with Crippen molar-refractivity contribution < 1.29 is 36.6 Å². The van der Waals surface area contributed by atoms with Gasteiger partial charge in [0.2, 0.25) is 10.0 Å². The summed E-state index contributed by atoms with van der Waals surface area (Å²) >= 11 is 0. The summed E-state index contributed by atoms with van der Waals surface area (Å²) in [6.45, 7) is 7.85. The van der Waals surface area contributed by atoms with E-state index < -0.39 is 50.7 Å². The summed E-state index contributed by atoms with van der Waals surface area (Å²) in [6, 6.07) is 10.6. The first-order valence-electron chi connectivity index (χ1n) is 12.3. The Hall–Kier alpha value is -2.47. The van der Waals surface area contributed by atoms with Crippen LogP contribution in [0.25, 0.3) is 0 Å². The number of carboxylic acid groups (broad SMARTS) is 1. The van der Waals surface area contributed by atoms with Crippen LogP contribution < -0.4 is 5.32 Å². The summed E-state index contributed by atoms with van der Waals surface area (Å²) in [4.78, 5) is 10.2. The Morgan fingerprint density at radius 2 is 1.66 bits per heavy atom. The van der Waals surface area contributed by atoms with E-state index in [0.717, 1.165) is 22.0 Å². The molecule has 0 heterocycles. The fourth-order valence-electron chi connectivity index (χ4n) is 4.00. The fourth-order valence-corrected chi connectivity index (χ4v) is 5.30. The smallest absolute Gasteiger partial charge is 0.416 e. The maximum Gasteiger partial charge on any atom is 0.416 e. The highest BCUT2D eigenvalue weighted by atomic mass is 32.2. The SMILES string of the molecule is CC(C)c1ccc(CC(C)(C)NCC(O)CN(C)S(=O)(=O)c2cc(CCC(=O)O)cc(C(F)(F)F)c2)cc1. The van der Waals surface area contributed by atoms with Gasteiger partial charge in [-0.3, -0.25) is 4.79 Å². The molecule has 2 rings (SSSR count). The monoisotopic (exact) mass is 558 g/mol. The largest absolute Gasteiger partial charge is 0.481 e. The second kappa shape index (κ2) is 12.6. The number of sulfonamides is 1. The van der Waals surface area contributed by atoms with Gasteiger partial charge in [-0.15, -0.1) is 0 Å². The van der Waals surface area contributed by atoms with E-state index >= 15 is 0 Å². The third kappa shape index (κ3) is 9.37. The van der Waals surface area contributed by atoms with Crippen molar-refractivity contribution in [3.63, 3.8) is 0 Å². The van der Waals surface area contributed by atoms with E-state index in [4.69, 9.17) is 5.11 Å². The van der Waals surface area contributed by atoms with Gasteiger partial charge in [0.1, 0.15) is 0 Å². The number of aryl methyl sites for hydroxylation is 1. The number of alkyl halides is 3. The van der Waals surface area contributed by atoms with Crippen molar-refractivity contribution in [2.75, 3.05) is 20.1 Å². The zero-order chi connectivity index (χ0) is 28.9. The van der Waals surface area contributed by atoms with Gasteiger partial charge in [0.15, 0.2) is 0 Å². The number of benzene rings is 2. The van der Waals surface area contributed by atoms with E-state index in [9.17, 15) is 31.5 Å². The van der Waals surface area contributed by atoms with Crippen molar-refractivity contribution in [2.24, 2.45) is 0 Å². The van der Waals surface area contributed by atoms with Crippen LogP contribution in [0.1, 0.15) is 62.3 Å². The van der Waals surface area contributed by atoms with Gasteiger partial charge in [0, 0.05) is 32.1 Å². The number of aliphatic carboxylic acids is 1. The van der Waals surface area contributed by atoms with Crippen LogP contribution in [-0.2, 0) is 33.8 Å². The van der Waals surface area contributed by atoms with Crippen molar-refractivity contribution in [2.45, 2.75) is 75.6 Å². The Labute approximate surface area is 222 Å². The molecule has 0 aromatic heterocycles. The minimum atomic E-state index is -4.81. The summed E-state index contributed by atoms with van der Waals surface area (Å²) in [7, 11) is -3.22. The first kappa shape index (κ1) is 31.7. The van der Waals surface area contributed by atoms with Gasteiger partial charge in [-0.1, -0.05) is 38.1 Å². The zero-order valence-electron chi connectivity index (χ0n) is 22.3. The number of nitrogens with zero attached hydrogens (tertiary/aromatic N) is 1. The van der Waals surface area contributed by atoms with Crippen molar-refractivity contribution in [1.29, 1.82) is 0 Å². The molecule has 0 radical (unpaired) electrons.